The van der Waals surface area contributed by atoms with Crippen LogP contribution >= 0.6 is 0 Å². The Morgan fingerprint density at radius 1 is 1.00 bits per heavy atom. The molecular formula is C19H26O. The minimum Gasteiger partial charge on any atom is -0.490 e. The molecule has 0 radical (unpaired) electrons. The topological polar surface area (TPSA) is 9.23 Å². The number of ether oxygens (including phenoxy) is 1. The van der Waals surface area contributed by atoms with E-state index in [4.69, 9.17) is 4.74 Å². The summed E-state index contributed by atoms with van der Waals surface area (Å²) in [5.74, 6) is 2.51. The van der Waals surface area contributed by atoms with Crippen molar-refractivity contribution in [2.24, 2.45) is 5.92 Å². The van der Waals surface area contributed by atoms with Gasteiger partial charge in [0.05, 0.1) is 0 Å². The normalized spacial score (nSPS) is 23.5. The average molecular weight is 270 g/mol. The van der Waals surface area contributed by atoms with E-state index in [1.807, 2.05) is 19.1 Å². The highest BCUT2D eigenvalue weighted by Crippen LogP contribution is 2.36. The van der Waals surface area contributed by atoms with Crippen molar-refractivity contribution >= 4 is 0 Å². The molecule has 0 aromatic heterocycles. The van der Waals surface area contributed by atoms with Crippen LogP contribution in [-0.2, 0) is 0 Å². The van der Waals surface area contributed by atoms with Gasteiger partial charge in [-0.3, -0.25) is 0 Å². The molecule has 0 saturated heterocycles. The minimum absolute atomic E-state index is 0.657. The molecule has 0 unspecified atom stereocenters. The van der Waals surface area contributed by atoms with Crippen LogP contribution in [0.2, 0.25) is 0 Å². The summed E-state index contributed by atoms with van der Waals surface area (Å²) in [6.07, 6.45) is 13.9. The summed E-state index contributed by atoms with van der Waals surface area (Å²) in [7, 11) is 0. The van der Waals surface area contributed by atoms with Crippen molar-refractivity contribution in [2.75, 3.05) is 6.61 Å². The molecule has 2 rings (SSSR count). The quantitative estimate of drug-likeness (QED) is 0.643. The first kappa shape index (κ1) is 14.9. The molecule has 1 aromatic rings. The summed E-state index contributed by atoms with van der Waals surface area (Å²) >= 11 is 0. The van der Waals surface area contributed by atoms with Gasteiger partial charge in [0.1, 0.15) is 12.4 Å². The maximum atomic E-state index is 5.64. The molecule has 0 heterocycles. The van der Waals surface area contributed by atoms with Gasteiger partial charge in [0, 0.05) is 0 Å². The molecule has 108 valence electrons. The second-order valence-electron chi connectivity index (χ2n) is 5.59. The fourth-order valence-electron chi connectivity index (χ4n) is 2.99. The van der Waals surface area contributed by atoms with E-state index < -0.39 is 0 Å². The molecule has 20 heavy (non-hydrogen) atoms. The molecule has 1 fully saturated rings. The Balaban J connectivity index is 1.87. The Kier molecular flexibility index (Phi) is 5.91. The molecule has 1 nitrogen and oxygen atoms in total. The molecule has 1 aliphatic carbocycles. The maximum absolute atomic E-state index is 5.64. The predicted octanol–water partition coefficient (Wildman–Crippen LogP) is 5.49. The van der Waals surface area contributed by atoms with E-state index in [-0.39, 0.29) is 0 Å². The fraction of sp³-hybridized carbons (Fsp3) is 0.474. The van der Waals surface area contributed by atoms with Crippen LogP contribution in [0.15, 0.2) is 48.6 Å². The van der Waals surface area contributed by atoms with Gasteiger partial charge in [-0.05, 0) is 69.1 Å². The highest BCUT2D eigenvalue weighted by molar-refractivity contribution is 5.30. The van der Waals surface area contributed by atoms with E-state index in [1.165, 1.54) is 31.2 Å². The van der Waals surface area contributed by atoms with E-state index in [2.05, 4.69) is 43.3 Å². The highest BCUT2D eigenvalue weighted by atomic mass is 16.5. The van der Waals surface area contributed by atoms with Crippen LogP contribution in [0.1, 0.15) is 51.0 Å². The van der Waals surface area contributed by atoms with Crippen LogP contribution in [0.3, 0.4) is 0 Å². The number of rotatable bonds is 5. The van der Waals surface area contributed by atoms with Crippen LogP contribution in [0, 0.1) is 5.92 Å². The molecule has 0 aliphatic heterocycles. The van der Waals surface area contributed by atoms with E-state index in [0.717, 1.165) is 17.6 Å². The van der Waals surface area contributed by atoms with Gasteiger partial charge in [-0.2, -0.15) is 0 Å². The summed E-state index contributed by atoms with van der Waals surface area (Å²) in [5, 5.41) is 0. The van der Waals surface area contributed by atoms with Gasteiger partial charge in [-0.15, -0.1) is 0 Å². The molecule has 0 amide bonds. The third-order valence-corrected chi connectivity index (χ3v) is 4.17. The molecule has 1 saturated carbocycles. The van der Waals surface area contributed by atoms with Crippen molar-refractivity contribution in [3.8, 4) is 5.75 Å². The minimum atomic E-state index is 0.657. The predicted molar refractivity (Wildman–Crippen MR) is 86.3 cm³/mol. The van der Waals surface area contributed by atoms with Crippen molar-refractivity contribution in [3.63, 3.8) is 0 Å². The summed E-state index contributed by atoms with van der Waals surface area (Å²) in [6, 6.07) is 8.70. The van der Waals surface area contributed by atoms with Gasteiger partial charge < -0.3 is 4.74 Å². The highest BCUT2D eigenvalue weighted by Gasteiger charge is 2.20. The first-order valence-corrected chi connectivity index (χ1v) is 7.80. The standard InChI is InChI=1S/C19H26O/c1-3-5-15-20-19-13-11-18(12-14-19)17-9-7-16(6-4-2)8-10-17/h3-6,11-14,16-17H,7-10,15H2,1-2H3/b5-3+,6-4+/t16-,17-. The van der Waals surface area contributed by atoms with Crippen LogP contribution in [0.5, 0.6) is 5.75 Å². The Morgan fingerprint density at radius 3 is 2.30 bits per heavy atom. The molecule has 0 spiro atoms. The van der Waals surface area contributed by atoms with Crippen molar-refractivity contribution in [3.05, 3.63) is 54.1 Å². The fourth-order valence-corrected chi connectivity index (χ4v) is 2.99. The summed E-state index contributed by atoms with van der Waals surface area (Å²) in [5.41, 5.74) is 1.47. The lowest BCUT2D eigenvalue weighted by Crippen LogP contribution is -2.11. The maximum Gasteiger partial charge on any atom is 0.119 e. The second kappa shape index (κ2) is 7.94. The molecule has 0 atom stereocenters. The second-order valence-corrected chi connectivity index (χ2v) is 5.59. The van der Waals surface area contributed by atoms with Gasteiger partial charge in [0.15, 0.2) is 0 Å². The summed E-state index contributed by atoms with van der Waals surface area (Å²) < 4.78 is 5.64. The molecule has 1 aliphatic rings. The summed E-state index contributed by atoms with van der Waals surface area (Å²) in [6.45, 7) is 4.79. The monoisotopic (exact) mass is 270 g/mol. The Hall–Kier alpha value is -1.50. The zero-order valence-corrected chi connectivity index (χ0v) is 12.7. The third kappa shape index (κ3) is 4.26. The van der Waals surface area contributed by atoms with Crippen molar-refractivity contribution in [1.82, 2.24) is 0 Å². The van der Waals surface area contributed by atoms with Gasteiger partial charge in [0.2, 0.25) is 0 Å². The first-order valence-electron chi connectivity index (χ1n) is 7.80. The van der Waals surface area contributed by atoms with E-state index in [0.29, 0.717) is 6.61 Å². The number of allylic oxidation sites excluding steroid dienone is 3. The van der Waals surface area contributed by atoms with Crippen molar-refractivity contribution in [1.29, 1.82) is 0 Å². The number of benzene rings is 1. The summed E-state index contributed by atoms with van der Waals surface area (Å²) in [4.78, 5) is 0. The van der Waals surface area contributed by atoms with Crippen LogP contribution < -0.4 is 4.74 Å². The molecule has 0 N–H and O–H groups in total. The first-order chi connectivity index (χ1) is 9.83. The Morgan fingerprint density at radius 2 is 1.70 bits per heavy atom. The van der Waals surface area contributed by atoms with Crippen molar-refractivity contribution in [2.45, 2.75) is 45.4 Å². The number of hydrogen-bond donors (Lipinski definition) is 0. The Bertz CT molecular complexity index is 433. The molecular weight excluding hydrogens is 244 g/mol. The lowest BCUT2D eigenvalue weighted by Gasteiger charge is -2.27. The van der Waals surface area contributed by atoms with Crippen molar-refractivity contribution < 1.29 is 4.74 Å². The lowest BCUT2D eigenvalue weighted by molar-refractivity contribution is 0.360. The smallest absolute Gasteiger partial charge is 0.119 e. The van der Waals surface area contributed by atoms with Crippen LogP contribution in [0.25, 0.3) is 0 Å². The Labute approximate surface area is 123 Å². The number of hydrogen-bond acceptors (Lipinski definition) is 1. The largest absolute Gasteiger partial charge is 0.490 e. The van der Waals surface area contributed by atoms with Gasteiger partial charge in [-0.25, -0.2) is 0 Å². The SMILES string of the molecule is C/C=C/COc1ccc([C@H]2CC[C@H](/C=C/C)CC2)cc1. The third-order valence-electron chi connectivity index (χ3n) is 4.17. The molecule has 0 bridgehead atoms. The average Bonchev–Trinajstić information content (AvgIpc) is 2.49. The van der Waals surface area contributed by atoms with Gasteiger partial charge in [-0.1, -0.05) is 36.4 Å². The van der Waals surface area contributed by atoms with Gasteiger partial charge in [0.25, 0.3) is 0 Å². The van der Waals surface area contributed by atoms with Gasteiger partial charge >= 0.3 is 0 Å². The van der Waals surface area contributed by atoms with Crippen LogP contribution in [0.4, 0.5) is 0 Å². The van der Waals surface area contributed by atoms with E-state index in [9.17, 15) is 0 Å². The van der Waals surface area contributed by atoms with Crippen LogP contribution in [-0.4, -0.2) is 6.61 Å². The molecule has 1 heteroatoms. The zero-order chi connectivity index (χ0) is 14.2. The lowest BCUT2D eigenvalue weighted by atomic mass is 9.78. The van der Waals surface area contributed by atoms with E-state index in [1.54, 1.807) is 0 Å². The zero-order valence-electron chi connectivity index (χ0n) is 12.7. The molecule has 1 aromatic carbocycles. The van der Waals surface area contributed by atoms with E-state index >= 15 is 0 Å².